The third-order valence-electron chi connectivity index (χ3n) is 6.84. The molecule has 0 radical (unpaired) electrons. The summed E-state index contributed by atoms with van der Waals surface area (Å²) in [6.45, 7) is 4.40. The molecule has 2 aromatic heterocycles. The predicted octanol–water partition coefficient (Wildman–Crippen LogP) is 1.94. The number of nitrogens with one attached hydrogen (secondary N) is 1. The number of fused-ring (bicyclic) bond motifs is 1. The molecule has 13 nitrogen and oxygen atoms in total. The van der Waals surface area contributed by atoms with Crippen molar-refractivity contribution in [1.29, 1.82) is 0 Å². The molecule has 3 heterocycles. The Balaban J connectivity index is 1.45. The van der Waals surface area contributed by atoms with Crippen LogP contribution in [-0.4, -0.2) is 86.7 Å². The van der Waals surface area contributed by atoms with Crippen LogP contribution in [0.25, 0.3) is 21.3 Å². The fraction of sp³-hybridized carbons (Fsp3) is 0.385. The van der Waals surface area contributed by atoms with E-state index in [1.54, 1.807) is 13.0 Å². The third kappa shape index (κ3) is 6.85. The summed E-state index contributed by atoms with van der Waals surface area (Å²) in [5.74, 6) is -0.484. The molecule has 2 aromatic carbocycles. The number of likely N-dealkylation sites (N-methyl/N-ethyl adjacent to an activating group) is 1. The average Bonchev–Trinajstić information content (AvgIpc) is 3.58. The summed E-state index contributed by atoms with van der Waals surface area (Å²) in [6.07, 6.45) is 0.366. The Hall–Kier alpha value is -3.28. The molecule has 1 saturated heterocycles. The molecule has 0 aliphatic carbocycles. The van der Waals surface area contributed by atoms with Gasteiger partial charge >= 0.3 is 0 Å². The minimum absolute atomic E-state index is 0.00624. The van der Waals surface area contributed by atoms with E-state index in [1.165, 1.54) is 11.3 Å². The highest BCUT2D eigenvalue weighted by Crippen LogP contribution is 2.37. The van der Waals surface area contributed by atoms with Gasteiger partial charge in [-0.25, -0.2) is 18.5 Å². The molecule has 42 heavy (non-hydrogen) atoms. The summed E-state index contributed by atoms with van der Waals surface area (Å²) in [5.41, 5.74) is 2.91. The molecular formula is C26H31N7O6S3. The average molecular weight is 634 g/mol. The molecule has 224 valence electrons. The number of rotatable bonds is 10. The Labute approximate surface area is 247 Å². The molecule has 4 aromatic rings. The highest BCUT2D eigenvalue weighted by molar-refractivity contribution is 7.92. The molecule has 1 fully saturated rings. The van der Waals surface area contributed by atoms with Crippen molar-refractivity contribution in [3.8, 4) is 11.1 Å². The van der Waals surface area contributed by atoms with Gasteiger partial charge in [-0.05, 0) is 48.9 Å². The third-order valence-corrected chi connectivity index (χ3v) is 10.7. The number of amides is 1. The first kappa shape index (κ1) is 30.2. The number of carbonyl (C=O) groups excluding carboxylic acids is 1. The van der Waals surface area contributed by atoms with Crippen molar-refractivity contribution in [3.05, 3.63) is 64.8 Å². The molecule has 5 rings (SSSR count). The maximum absolute atomic E-state index is 13.3. The molecule has 0 bridgehead atoms. The van der Waals surface area contributed by atoms with E-state index in [9.17, 15) is 21.6 Å². The van der Waals surface area contributed by atoms with Gasteiger partial charge in [0.1, 0.15) is 5.01 Å². The molecular weight excluding hydrogens is 603 g/mol. The number of benzene rings is 2. The van der Waals surface area contributed by atoms with Crippen molar-refractivity contribution in [2.75, 3.05) is 39.0 Å². The van der Waals surface area contributed by atoms with Crippen LogP contribution in [0.5, 0.6) is 0 Å². The zero-order chi connectivity index (χ0) is 30.1. The maximum atomic E-state index is 13.3. The molecule has 1 aliphatic rings. The van der Waals surface area contributed by atoms with Crippen LogP contribution in [0.2, 0.25) is 0 Å². The van der Waals surface area contributed by atoms with Crippen LogP contribution in [0.3, 0.4) is 0 Å². The quantitative estimate of drug-likeness (QED) is 0.262. The van der Waals surface area contributed by atoms with E-state index in [4.69, 9.17) is 9.56 Å². The monoisotopic (exact) mass is 633 g/mol. The highest BCUT2D eigenvalue weighted by Gasteiger charge is 2.36. The van der Waals surface area contributed by atoms with Crippen molar-refractivity contribution >= 4 is 47.5 Å². The minimum Gasteiger partial charge on any atom is -0.422 e. The van der Waals surface area contributed by atoms with Crippen molar-refractivity contribution in [2.45, 2.75) is 25.1 Å². The summed E-state index contributed by atoms with van der Waals surface area (Å²) in [4.78, 5) is 21.8. The number of aromatic nitrogens is 3. The van der Waals surface area contributed by atoms with Gasteiger partial charge in [-0.3, -0.25) is 4.79 Å². The Morgan fingerprint density at radius 3 is 2.52 bits per heavy atom. The standard InChI is InChI=1S/C26H31N7O6S3/c1-3-13-41(35,36)23(24-31-30-22(39-24)16-28-42(27,37)38)25-29-20-8-7-18(15-21(20)40-25)17-5-4-6-19(14-17)26(34)33-11-9-32(2)10-12-33/h4-8,14-15,23,28H,3,9-13,16H2,1-2H3,(H2,27,37,38). The van der Waals surface area contributed by atoms with E-state index in [1.807, 2.05) is 53.1 Å². The summed E-state index contributed by atoms with van der Waals surface area (Å²) in [5, 5.41) is 11.6. The zero-order valence-electron chi connectivity index (χ0n) is 23.1. The van der Waals surface area contributed by atoms with Gasteiger partial charge in [-0.15, -0.1) is 21.5 Å². The zero-order valence-corrected chi connectivity index (χ0v) is 25.5. The van der Waals surface area contributed by atoms with Crippen molar-refractivity contribution in [2.24, 2.45) is 5.14 Å². The van der Waals surface area contributed by atoms with Crippen molar-refractivity contribution in [3.63, 3.8) is 0 Å². The van der Waals surface area contributed by atoms with Crippen LogP contribution >= 0.6 is 11.3 Å². The number of sulfone groups is 1. The lowest BCUT2D eigenvalue weighted by atomic mass is 10.0. The number of nitrogens with two attached hydrogens (primary N) is 1. The first-order chi connectivity index (χ1) is 19.9. The van der Waals surface area contributed by atoms with Crippen LogP contribution in [0.15, 0.2) is 46.9 Å². The second-order valence-electron chi connectivity index (χ2n) is 10.1. The Kier molecular flexibility index (Phi) is 8.73. The summed E-state index contributed by atoms with van der Waals surface area (Å²) >= 11 is 1.19. The number of thiazole rings is 1. The van der Waals surface area contributed by atoms with Crippen molar-refractivity contribution in [1.82, 2.24) is 29.7 Å². The van der Waals surface area contributed by atoms with Gasteiger partial charge in [0.25, 0.3) is 16.1 Å². The van der Waals surface area contributed by atoms with E-state index < -0.39 is 25.3 Å². The SMILES string of the molecule is CCCS(=O)(=O)C(c1nnc(CNS(N)(=O)=O)o1)c1nc2ccc(-c3cccc(C(=O)N4CCN(C)CC4)c3)cc2s1. The molecule has 1 atom stereocenters. The predicted molar refractivity (Wildman–Crippen MR) is 159 cm³/mol. The lowest BCUT2D eigenvalue weighted by Gasteiger charge is -2.32. The molecule has 1 amide bonds. The molecule has 0 saturated carbocycles. The van der Waals surface area contributed by atoms with Crippen LogP contribution < -0.4 is 9.86 Å². The van der Waals surface area contributed by atoms with Crippen LogP contribution in [0, 0.1) is 0 Å². The second kappa shape index (κ2) is 12.1. The Morgan fingerprint density at radius 2 is 1.81 bits per heavy atom. The normalized spacial score (nSPS) is 15.7. The number of piperazine rings is 1. The van der Waals surface area contributed by atoms with Crippen LogP contribution in [0.4, 0.5) is 0 Å². The first-order valence-electron chi connectivity index (χ1n) is 13.2. The van der Waals surface area contributed by atoms with Crippen LogP contribution in [0.1, 0.15) is 45.7 Å². The first-order valence-corrected chi connectivity index (χ1v) is 17.3. The lowest BCUT2D eigenvalue weighted by Crippen LogP contribution is -2.47. The van der Waals surface area contributed by atoms with Gasteiger partial charge in [0.05, 0.1) is 22.5 Å². The molecule has 1 unspecified atom stereocenters. The van der Waals surface area contributed by atoms with E-state index in [0.29, 0.717) is 30.6 Å². The fourth-order valence-corrected chi connectivity index (χ4v) is 8.14. The minimum atomic E-state index is -4.01. The summed E-state index contributed by atoms with van der Waals surface area (Å²) < 4.78 is 57.5. The van der Waals surface area contributed by atoms with Crippen LogP contribution in [-0.2, 0) is 26.6 Å². The van der Waals surface area contributed by atoms with Gasteiger partial charge in [0.15, 0.2) is 15.1 Å². The van der Waals surface area contributed by atoms with Gasteiger partial charge in [0.2, 0.25) is 11.8 Å². The smallest absolute Gasteiger partial charge is 0.274 e. The van der Waals surface area contributed by atoms with Gasteiger partial charge in [-0.2, -0.15) is 13.1 Å². The van der Waals surface area contributed by atoms with Crippen molar-refractivity contribution < 1.29 is 26.0 Å². The molecule has 0 spiro atoms. The molecule has 1 aliphatic heterocycles. The molecule has 3 N–H and O–H groups in total. The second-order valence-corrected chi connectivity index (χ2v) is 14.7. The molecule has 16 heteroatoms. The van der Waals surface area contributed by atoms with Gasteiger partial charge in [0, 0.05) is 31.7 Å². The topological polar surface area (TPSA) is 182 Å². The summed E-state index contributed by atoms with van der Waals surface area (Å²) in [6, 6.07) is 13.1. The van der Waals surface area contributed by atoms with Gasteiger partial charge < -0.3 is 14.2 Å². The number of nitrogens with zero attached hydrogens (tertiary/aromatic N) is 5. The Bertz CT molecular complexity index is 1810. The van der Waals surface area contributed by atoms with E-state index in [0.717, 1.165) is 28.9 Å². The van der Waals surface area contributed by atoms with E-state index in [-0.39, 0.29) is 35.0 Å². The number of carbonyl (C=O) groups is 1. The number of hydrogen-bond donors (Lipinski definition) is 2. The largest absolute Gasteiger partial charge is 0.422 e. The van der Waals surface area contributed by atoms with E-state index >= 15 is 0 Å². The fourth-order valence-electron chi connectivity index (χ4n) is 4.68. The Morgan fingerprint density at radius 1 is 1.07 bits per heavy atom. The number of hydrogen-bond acceptors (Lipinski definition) is 11. The van der Waals surface area contributed by atoms with E-state index in [2.05, 4.69) is 20.1 Å². The van der Waals surface area contributed by atoms with Gasteiger partial charge in [-0.1, -0.05) is 25.1 Å². The lowest BCUT2D eigenvalue weighted by molar-refractivity contribution is 0.0664. The summed E-state index contributed by atoms with van der Waals surface area (Å²) in [7, 11) is -5.77. The maximum Gasteiger partial charge on any atom is 0.274 e. The highest BCUT2D eigenvalue weighted by atomic mass is 32.2.